The Morgan fingerprint density at radius 2 is 1.89 bits per heavy atom. The summed E-state index contributed by atoms with van der Waals surface area (Å²) in [7, 11) is 0. The minimum atomic E-state index is 0.845. The zero-order chi connectivity index (χ0) is 12.4. The predicted molar refractivity (Wildman–Crippen MR) is 80.6 cm³/mol. The van der Waals surface area contributed by atoms with E-state index in [1.165, 1.54) is 54.4 Å². The summed E-state index contributed by atoms with van der Waals surface area (Å²) in [5.74, 6) is 0. The van der Waals surface area contributed by atoms with Crippen LogP contribution < -0.4 is 0 Å². The van der Waals surface area contributed by atoms with Crippen molar-refractivity contribution in [3.8, 4) is 0 Å². The highest BCUT2D eigenvalue weighted by atomic mass is 35.5. The van der Waals surface area contributed by atoms with Crippen LogP contribution in [0.25, 0.3) is 10.1 Å². The van der Waals surface area contributed by atoms with Crippen molar-refractivity contribution >= 4 is 33.0 Å². The van der Waals surface area contributed by atoms with E-state index in [-0.39, 0.29) is 0 Å². The highest BCUT2D eigenvalue weighted by Crippen LogP contribution is 2.29. The third-order valence-electron chi connectivity index (χ3n) is 3.71. The van der Waals surface area contributed by atoms with E-state index < -0.39 is 0 Å². The minimum absolute atomic E-state index is 0.845. The second kappa shape index (κ2) is 5.60. The molecule has 1 fully saturated rings. The third kappa shape index (κ3) is 2.71. The third-order valence-corrected chi connectivity index (χ3v) is 4.96. The first kappa shape index (κ1) is 12.5. The molecule has 0 atom stereocenters. The van der Waals surface area contributed by atoms with Gasteiger partial charge in [0.15, 0.2) is 0 Å². The van der Waals surface area contributed by atoms with Gasteiger partial charge in [-0.05, 0) is 60.5 Å². The van der Waals surface area contributed by atoms with Crippen LogP contribution in [0.15, 0.2) is 23.6 Å². The lowest BCUT2D eigenvalue weighted by molar-refractivity contribution is 0.278. The fraction of sp³-hybridized carbons (Fsp3) is 0.467. The molecule has 0 N–H and O–H groups in total. The number of likely N-dealkylation sites (tertiary alicyclic amines) is 1. The zero-order valence-electron chi connectivity index (χ0n) is 10.5. The molecule has 0 amide bonds. The Morgan fingerprint density at radius 1 is 1.11 bits per heavy atom. The summed E-state index contributed by atoms with van der Waals surface area (Å²) >= 11 is 7.94. The SMILES string of the molecule is Clc1ccc2scc(CN3CCCCCC3)c2c1. The van der Waals surface area contributed by atoms with Crippen molar-refractivity contribution in [1.29, 1.82) is 0 Å². The molecule has 1 aromatic carbocycles. The molecule has 2 heterocycles. The van der Waals surface area contributed by atoms with Gasteiger partial charge in [-0.1, -0.05) is 24.4 Å². The zero-order valence-corrected chi connectivity index (χ0v) is 12.1. The van der Waals surface area contributed by atoms with E-state index in [1.807, 2.05) is 17.4 Å². The molecular weight excluding hydrogens is 262 g/mol. The van der Waals surface area contributed by atoms with Gasteiger partial charge in [0.2, 0.25) is 0 Å². The molecule has 1 aliphatic rings. The number of halogens is 1. The number of benzene rings is 1. The topological polar surface area (TPSA) is 3.24 Å². The first-order valence-corrected chi connectivity index (χ1v) is 7.97. The molecule has 18 heavy (non-hydrogen) atoms. The summed E-state index contributed by atoms with van der Waals surface area (Å²) in [4.78, 5) is 2.59. The van der Waals surface area contributed by atoms with Crippen LogP contribution >= 0.6 is 22.9 Å². The summed E-state index contributed by atoms with van der Waals surface area (Å²) < 4.78 is 1.35. The van der Waals surface area contributed by atoms with E-state index in [4.69, 9.17) is 11.6 Å². The number of rotatable bonds is 2. The number of thiophene rings is 1. The van der Waals surface area contributed by atoms with Crippen molar-refractivity contribution in [1.82, 2.24) is 4.90 Å². The lowest BCUT2D eigenvalue weighted by Gasteiger charge is -2.19. The molecule has 96 valence electrons. The molecule has 0 spiro atoms. The second-order valence-electron chi connectivity index (χ2n) is 5.09. The van der Waals surface area contributed by atoms with Crippen molar-refractivity contribution in [2.45, 2.75) is 32.2 Å². The summed E-state index contributed by atoms with van der Waals surface area (Å²) in [5, 5.41) is 4.49. The van der Waals surface area contributed by atoms with E-state index in [2.05, 4.69) is 22.4 Å². The van der Waals surface area contributed by atoms with Gasteiger partial charge in [0.1, 0.15) is 0 Å². The van der Waals surface area contributed by atoms with Gasteiger partial charge in [0, 0.05) is 16.3 Å². The molecule has 3 heteroatoms. The molecule has 0 aliphatic carbocycles. The highest BCUT2D eigenvalue weighted by molar-refractivity contribution is 7.17. The molecule has 1 saturated heterocycles. The monoisotopic (exact) mass is 279 g/mol. The number of hydrogen-bond donors (Lipinski definition) is 0. The Hall–Kier alpha value is -0.570. The van der Waals surface area contributed by atoms with Crippen LogP contribution in [-0.4, -0.2) is 18.0 Å². The van der Waals surface area contributed by atoms with E-state index in [1.54, 1.807) is 0 Å². The quantitative estimate of drug-likeness (QED) is 0.753. The predicted octanol–water partition coefficient (Wildman–Crippen LogP) is 4.93. The summed E-state index contributed by atoms with van der Waals surface area (Å²) in [5.41, 5.74) is 1.44. The van der Waals surface area contributed by atoms with Crippen LogP contribution in [0, 0.1) is 0 Å². The van der Waals surface area contributed by atoms with Crippen LogP contribution in [-0.2, 0) is 6.54 Å². The van der Waals surface area contributed by atoms with Gasteiger partial charge in [-0.2, -0.15) is 0 Å². The molecule has 0 radical (unpaired) electrons. The van der Waals surface area contributed by atoms with Gasteiger partial charge in [0.05, 0.1) is 0 Å². The van der Waals surface area contributed by atoms with Crippen LogP contribution in [0.2, 0.25) is 5.02 Å². The maximum atomic E-state index is 6.11. The van der Waals surface area contributed by atoms with Gasteiger partial charge in [-0.25, -0.2) is 0 Å². The van der Waals surface area contributed by atoms with Crippen LogP contribution in [0.3, 0.4) is 0 Å². The maximum absolute atomic E-state index is 6.11. The smallest absolute Gasteiger partial charge is 0.0413 e. The van der Waals surface area contributed by atoms with E-state index in [9.17, 15) is 0 Å². The minimum Gasteiger partial charge on any atom is -0.299 e. The van der Waals surface area contributed by atoms with Gasteiger partial charge < -0.3 is 0 Å². The highest BCUT2D eigenvalue weighted by Gasteiger charge is 2.12. The molecule has 3 rings (SSSR count). The van der Waals surface area contributed by atoms with Crippen LogP contribution in [0.1, 0.15) is 31.2 Å². The van der Waals surface area contributed by atoms with Crippen molar-refractivity contribution < 1.29 is 0 Å². The van der Waals surface area contributed by atoms with Crippen LogP contribution in [0.5, 0.6) is 0 Å². The fourth-order valence-corrected chi connectivity index (χ4v) is 3.82. The average Bonchev–Trinajstić information content (AvgIpc) is 2.60. The number of fused-ring (bicyclic) bond motifs is 1. The Bertz CT molecular complexity index is 526. The Morgan fingerprint density at radius 3 is 2.67 bits per heavy atom. The lowest BCUT2D eigenvalue weighted by atomic mass is 10.1. The Kier molecular flexibility index (Phi) is 3.88. The van der Waals surface area contributed by atoms with Gasteiger partial charge in [-0.3, -0.25) is 4.90 Å². The van der Waals surface area contributed by atoms with E-state index in [0.717, 1.165) is 11.6 Å². The number of nitrogens with zero attached hydrogens (tertiary/aromatic N) is 1. The molecule has 0 saturated carbocycles. The molecule has 1 nitrogen and oxygen atoms in total. The summed E-state index contributed by atoms with van der Waals surface area (Å²) in [6.07, 6.45) is 5.49. The van der Waals surface area contributed by atoms with Crippen molar-refractivity contribution in [2.75, 3.05) is 13.1 Å². The van der Waals surface area contributed by atoms with Gasteiger partial charge in [0.25, 0.3) is 0 Å². The van der Waals surface area contributed by atoms with E-state index in [0.29, 0.717) is 0 Å². The largest absolute Gasteiger partial charge is 0.299 e. The molecule has 0 bridgehead atoms. The standard InChI is InChI=1S/C15H18ClNS/c16-13-5-6-15-14(9-13)12(11-18-15)10-17-7-3-1-2-4-8-17/h5-6,9,11H,1-4,7-8,10H2. The van der Waals surface area contributed by atoms with Crippen molar-refractivity contribution in [3.05, 3.63) is 34.2 Å². The van der Waals surface area contributed by atoms with Crippen LogP contribution in [0.4, 0.5) is 0 Å². The lowest BCUT2D eigenvalue weighted by Crippen LogP contribution is -2.23. The number of hydrogen-bond acceptors (Lipinski definition) is 2. The summed E-state index contributed by atoms with van der Waals surface area (Å²) in [6.45, 7) is 3.58. The average molecular weight is 280 g/mol. The molecule has 1 aromatic heterocycles. The van der Waals surface area contributed by atoms with Crippen molar-refractivity contribution in [2.24, 2.45) is 0 Å². The Labute approximate surface area is 117 Å². The second-order valence-corrected chi connectivity index (χ2v) is 6.44. The van der Waals surface area contributed by atoms with E-state index >= 15 is 0 Å². The Balaban J connectivity index is 1.83. The normalized spacial score (nSPS) is 18.1. The first-order chi connectivity index (χ1) is 8.83. The maximum Gasteiger partial charge on any atom is 0.0413 e. The molecular formula is C15H18ClNS. The molecule has 2 aromatic rings. The molecule has 1 aliphatic heterocycles. The summed E-state index contributed by atoms with van der Waals surface area (Å²) in [6, 6.07) is 6.23. The van der Waals surface area contributed by atoms with Crippen molar-refractivity contribution in [3.63, 3.8) is 0 Å². The first-order valence-electron chi connectivity index (χ1n) is 6.71. The molecule has 0 unspecified atom stereocenters. The fourth-order valence-electron chi connectivity index (χ4n) is 2.71. The van der Waals surface area contributed by atoms with Gasteiger partial charge in [-0.15, -0.1) is 11.3 Å². The van der Waals surface area contributed by atoms with Gasteiger partial charge >= 0.3 is 0 Å².